The van der Waals surface area contributed by atoms with Crippen molar-refractivity contribution < 1.29 is 23.1 Å². The largest absolute Gasteiger partial charge is 0.503 e. The van der Waals surface area contributed by atoms with Gasteiger partial charge >= 0.3 is 0 Å². The molecule has 1 aromatic rings. The van der Waals surface area contributed by atoms with Crippen LogP contribution in [0.2, 0.25) is 0 Å². The van der Waals surface area contributed by atoms with Gasteiger partial charge in [-0.15, -0.1) is 0 Å². The number of amides is 1. The molecular formula is C14H19F3N2O2. The number of rotatable bonds is 6. The highest BCUT2D eigenvalue weighted by Gasteiger charge is 2.27. The van der Waals surface area contributed by atoms with Crippen molar-refractivity contribution in [1.29, 1.82) is 0 Å². The normalized spacial score (nSPS) is 11.5. The number of hydrogen-bond acceptors (Lipinski definition) is 3. The summed E-state index contributed by atoms with van der Waals surface area (Å²) in [7, 11) is 0. The molecule has 118 valence electrons. The highest BCUT2D eigenvalue weighted by atomic mass is 19.2. The molecule has 21 heavy (non-hydrogen) atoms. The minimum Gasteiger partial charge on any atom is -0.503 e. The Bertz CT molecular complexity index is 523. The first-order valence-electron chi connectivity index (χ1n) is 6.66. The fourth-order valence-electron chi connectivity index (χ4n) is 1.98. The zero-order chi connectivity index (χ0) is 16.2. The standard InChI is InChI=1S/C14H19F3N2O2/c1-3-14(4-2,6-18)7-19-13(21)8-5-9(15)11(17)12(20)10(8)16/h5,20H,3-4,6-7,18H2,1-2H3,(H,19,21). The number of hydrogen-bond donors (Lipinski definition) is 3. The van der Waals surface area contributed by atoms with Crippen LogP contribution in [0.4, 0.5) is 13.2 Å². The van der Waals surface area contributed by atoms with E-state index in [9.17, 15) is 18.0 Å². The van der Waals surface area contributed by atoms with Crippen LogP contribution in [0.5, 0.6) is 5.75 Å². The Labute approximate surface area is 121 Å². The Hall–Kier alpha value is -1.76. The van der Waals surface area contributed by atoms with Crippen molar-refractivity contribution in [1.82, 2.24) is 5.32 Å². The smallest absolute Gasteiger partial charge is 0.254 e. The van der Waals surface area contributed by atoms with E-state index in [2.05, 4.69) is 5.32 Å². The van der Waals surface area contributed by atoms with E-state index in [4.69, 9.17) is 10.8 Å². The van der Waals surface area contributed by atoms with Crippen molar-refractivity contribution in [3.63, 3.8) is 0 Å². The molecule has 1 aromatic carbocycles. The highest BCUT2D eigenvalue weighted by Crippen LogP contribution is 2.27. The number of carbonyl (C=O) groups is 1. The second-order valence-electron chi connectivity index (χ2n) is 4.98. The van der Waals surface area contributed by atoms with Crippen LogP contribution in [0, 0.1) is 22.9 Å². The molecular weight excluding hydrogens is 285 g/mol. The van der Waals surface area contributed by atoms with Gasteiger partial charge in [0.2, 0.25) is 5.82 Å². The van der Waals surface area contributed by atoms with Crippen molar-refractivity contribution in [3.05, 3.63) is 29.1 Å². The second kappa shape index (κ2) is 6.80. The minimum absolute atomic E-state index is 0.175. The molecule has 0 unspecified atom stereocenters. The zero-order valence-electron chi connectivity index (χ0n) is 12.0. The maximum absolute atomic E-state index is 13.6. The van der Waals surface area contributed by atoms with Gasteiger partial charge in [0.1, 0.15) is 0 Å². The maximum Gasteiger partial charge on any atom is 0.254 e. The third kappa shape index (κ3) is 3.47. The summed E-state index contributed by atoms with van der Waals surface area (Å²) in [5, 5.41) is 11.5. The molecule has 7 heteroatoms. The first-order chi connectivity index (χ1) is 9.81. The monoisotopic (exact) mass is 304 g/mol. The molecule has 4 N–H and O–H groups in total. The maximum atomic E-state index is 13.6. The van der Waals surface area contributed by atoms with E-state index >= 15 is 0 Å². The van der Waals surface area contributed by atoms with Gasteiger partial charge in [0.05, 0.1) is 5.56 Å². The molecule has 0 atom stereocenters. The van der Waals surface area contributed by atoms with E-state index < -0.39 is 34.7 Å². The summed E-state index contributed by atoms with van der Waals surface area (Å²) in [5.41, 5.74) is 4.59. The van der Waals surface area contributed by atoms with Crippen LogP contribution in [0.25, 0.3) is 0 Å². The Balaban J connectivity index is 2.96. The van der Waals surface area contributed by atoms with E-state index in [1.54, 1.807) is 0 Å². The molecule has 0 saturated carbocycles. The Kier molecular flexibility index (Phi) is 5.60. The van der Waals surface area contributed by atoms with Gasteiger partial charge in [-0.3, -0.25) is 4.79 Å². The van der Waals surface area contributed by atoms with Gasteiger partial charge in [0.25, 0.3) is 5.91 Å². The lowest BCUT2D eigenvalue weighted by atomic mass is 9.82. The lowest BCUT2D eigenvalue weighted by Crippen LogP contribution is -2.42. The highest BCUT2D eigenvalue weighted by molar-refractivity contribution is 5.95. The van der Waals surface area contributed by atoms with E-state index in [1.165, 1.54) is 0 Å². The molecule has 0 aliphatic carbocycles. The van der Waals surface area contributed by atoms with E-state index in [0.717, 1.165) is 0 Å². The Morgan fingerprint density at radius 1 is 1.29 bits per heavy atom. The van der Waals surface area contributed by atoms with Gasteiger partial charge in [-0.25, -0.2) is 8.78 Å². The Morgan fingerprint density at radius 2 is 1.86 bits per heavy atom. The van der Waals surface area contributed by atoms with E-state index in [-0.39, 0.29) is 12.0 Å². The molecule has 0 aliphatic rings. The third-order valence-electron chi connectivity index (χ3n) is 3.93. The van der Waals surface area contributed by atoms with E-state index in [0.29, 0.717) is 25.5 Å². The number of carbonyl (C=O) groups excluding carboxylic acids is 1. The second-order valence-corrected chi connectivity index (χ2v) is 4.98. The quantitative estimate of drug-likeness (QED) is 0.706. The van der Waals surface area contributed by atoms with Crippen molar-refractivity contribution in [3.8, 4) is 5.75 Å². The molecule has 0 fully saturated rings. The molecule has 0 radical (unpaired) electrons. The number of aromatic hydroxyl groups is 1. The first kappa shape index (κ1) is 17.3. The van der Waals surface area contributed by atoms with Gasteiger partial charge in [0.15, 0.2) is 17.4 Å². The average molecular weight is 304 g/mol. The predicted octanol–water partition coefficient (Wildman–Crippen LogP) is 2.30. The summed E-state index contributed by atoms with van der Waals surface area (Å²) in [4.78, 5) is 11.9. The molecule has 0 saturated heterocycles. The van der Waals surface area contributed by atoms with Crippen LogP contribution >= 0.6 is 0 Å². The number of halogens is 3. The summed E-state index contributed by atoms with van der Waals surface area (Å²) >= 11 is 0. The topological polar surface area (TPSA) is 75.3 Å². The molecule has 0 aliphatic heterocycles. The van der Waals surface area contributed by atoms with Crippen LogP contribution in [-0.4, -0.2) is 24.1 Å². The summed E-state index contributed by atoms with van der Waals surface area (Å²) in [5.74, 6) is -7.13. The van der Waals surface area contributed by atoms with Gasteiger partial charge in [-0.05, 0) is 30.9 Å². The molecule has 1 rings (SSSR count). The molecule has 0 spiro atoms. The summed E-state index contributed by atoms with van der Waals surface area (Å²) in [6.07, 6.45) is 1.40. The number of nitrogens with one attached hydrogen (secondary N) is 1. The fourth-order valence-corrected chi connectivity index (χ4v) is 1.98. The van der Waals surface area contributed by atoms with E-state index in [1.807, 2.05) is 13.8 Å². The molecule has 4 nitrogen and oxygen atoms in total. The molecule has 0 aromatic heterocycles. The third-order valence-corrected chi connectivity index (χ3v) is 3.93. The van der Waals surface area contributed by atoms with Crippen LogP contribution in [0.1, 0.15) is 37.0 Å². The summed E-state index contributed by atoms with van der Waals surface area (Å²) in [6, 6.07) is 0.418. The van der Waals surface area contributed by atoms with Gasteiger partial charge in [-0.2, -0.15) is 4.39 Å². The van der Waals surface area contributed by atoms with Gasteiger partial charge in [0, 0.05) is 6.54 Å². The van der Waals surface area contributed by atoms with Crippen LogP contribution in [0.3, 0.4) is 0 Å². The van der Waals surface area contributed by atoms with Gasteiger partial charge < -0.3 is 16.2 Å². The number of benzene rings is 1. The number of phenols is 1. The van der Waals surface area contributed by atoms with Crippen molar-refractivity contribution in [2.75, 3.05) is 13.1 Å². The molecule has 0 bridgehead atoms. The van der Waals surface area contributed by atoms with Crippen LogP contribution in [-0.2, 0) is 0 Å². The van der Waals surface area contributed by atoms with Crippen LogP contribution < -0.4 is 11.1 Å². The summed E-state index contributed by atoms with van der Waals surface area (Å²) < 4.78 is 39.7. The molecule has 1 amide bonds. The van der Waals surface area contributed by atoms with Gasteiger partial charge in [-0.1, -0.05) is 13.8 Å². The van der Waals surface area contributed by atoms with Crippen LogP contribution in [0.15, 0.2) is 6.07 Å². The first-order valence-corrected chi connectivity index (χ1v) is 6.66. The minimum atomic E-state index is -1.72. The number of nitrogens with two attached hydrogens (primary N) is 1. The van der Waals surface area contributed by atoms with Crippen molar-refractivity contribution >= 4 is 5.91 Å². The molecule has 0 heterocycles. The SMILES string of the molecule is CCC(CC)(CN)CNC(=O)c1cc(F)c(F)c(O)c1F. The summed E-state index contributed by atoms with van der Waals surface area (Å²) in [6.45, 7) is 4.32. The van der Waals surface area contributed by atoms with Crippen molar-refractivity contribution in [2.24, 2.45) is 11.1 Å². The zero-order valence-corrected chi connectivity index (χ0v) is 12.0. The lowest BCUT2D eigenvalue weighted by Gasteiger charge is -2.30. The lowest BCUT2D eigenvalue weighted by molar-refractivity contribution is 0.0922. The van der Waals surface area contributed by atoms with Crippen molar-refractivity contribution in [2.45, 2.75) is 26.7 Å². The Morgan fingerprint density at radius 3 is 2.33 bits per heavy atom. The average Bonchev–Trinajstić information content (AvgIpc) is 2.50. The number of phenolic OH excluding ortho intramolecular Hbond substituents is 1. The fraction of sp³-hybridized carbons (Fsp3) is 0.500. The predicted molar refractivity (Wildman–Crippen MR) is 72.4 cm³/mol.